The summed E-state index contributed by atoms with van der Waals surface area (Å²) in [7, 11) is 0. The third-order valence-electron chi connectivity index (χ3n) is 2.41. The zero-order valence-corrected chi connectivity index (χ0v) is 10.3. The van der Waals surface area contributed by atoms with E-state index in [1.807, 2.05) is 26.8 Å². The predicted octanol–water partition coefficient (Wildman–Crippen LogP) is 2.64. The number of hydrogen-bond acceptors (Lipinski definition) is 3. The molecular weight excluding hydrogens is 204 g/mol. The van der Waals surface area contributed by atoms with Gasteiger partial charge in [0, 0.05) is 12.8 Å². The van der Waals surface area contributed by atoms with Gasteiger partial charge in [0.05, 0.1) is 0 Å². The van der Waals surface area contributed by atoms with Crippen molar-refractivity contribution in [2.75, 3.05) is 0 Å². The number of allylic oxidation sites excluding steroid dienone is 2. The van der Waals surface area contributed by atoms with Crippen molar-refractivity contribution in [2.45, 2.75) is 52.1 Å². The first kappa shape index (κ1) is 12.9. The molecular formula is C13H20O3. The molecule has 0 heterocycles. The second-order valence-electron chi connectivity index (χ2n) is 5.31. The third-order valence-corrected chi connectivity index (χ3v) is 2.41. The van der Waals surface area contributed by atoms with Crippen LogP contribution in [0.5, 0.6) is 0 Å². The lowest BCUT2D eigenvalue weighted by Gasteiger charge is -2.21. The van der Waals surface area contributed by atoms with E-state index in [9.17, 15) is 9.59 Å². The van der Waals surface area contributed by atoms with Crippen LogP contribution in [0.4, 0.5) is 0 Å². The summed E-state index contributed by atoms with van der Waals surface area (Å²) in [5, 5.41) is 0. The minimum Gasteiger partial charge on any atom is -0.460 e. The quantitative estimate of drug-likeness (QED) is 0.677. The molecule has 1 atom stereocenters. The van der Waals surface area contributed by atoms with Gasteiger partial charge < -0.3 is 4.74 Å². The molecule has 16 heavy (non-hydrogen) atoms. The Kier molecular flexibility index (Phi) is 4.27. The predicted molar refractivity (Wildman–Crippen MR) is 62.0 cm³/mol. The summed E-state index contributed by atoms with van der Waals surface area (Å²) >= 11 is 0. The van der Waals surface area contributed by atoms with Crippen LogP contribution >= 0.6 is 0 Å². The number of hydrogen-bond donors (Lipinski definition) is 0. The molecule has 1 unspecified atom stereocenters. The molecule has 0 saturated carbocycles. The largest absolute Gasteiger partial charge is 0.460 e. The Morgan fingerprint density at radius 2 is 2.19 bits per heavy atom. The fraction of sp³-hybridized carbons (Fsp3) is 0.692. The van der Waals surface area contributed by atoms with Crippen LogP contribution in [0.15, 0.2) is 12.2 Å². The van der Waals surface area contributed by atoms with Crippen molar-refractivity contribution in [3.8, 4) is 0 Å². The molecule has 0 spiro atoms. The van der Waals surface area contributed by atoms with Crippen molar-refractivity contribution in [3.05, 3.63) is 12.2 Å². The minimum atomic E-state index is -0.440. The molecule has 0 radical (unpaired) electrons. The van der Waals surface area contributed by atoms with Gasteiger partial charge in [-0.2, -0.15) is 0 Å². The van der Waals surface area contributed by atoms with Crippen LogP contribution in [-0.4, -0.2) is 17.4 Å². The van der Waals surface area contributed by atoms with Gasteiger partial charge in [0.2, 0.25) is 0 Å². The summed E-state index contributed by atoms with van der Waals surface area (Å²) in [6.45, 7) is 5.56. The average molecular weight is 224 g/mol. The second-order valence-corrected chi connectivity index (χ2v) is 5.31. The van der Waals surface area contributed by atoms with E-state index < -0.39 is 5.60 Å². The molecule has 0 bridgehead atoms. The first-order valence-electron chi connectivity index (χ1n) is 5.78. The number of ketones is 1. The van der Waals surface area contributed by atoms with Crippen molar-refractivity contribution in [1.29, 1.82) is 0 Å². The van der Waals surface area contributed by atoms with Crippen LogP contribution in [0.3, 0.4) is 0 Å². The molecule has 3 nitrogen and oxygen atoms in total. The zero-order chi connectivity index (χ0) is 12.2. The molecule has 0 aromatic rings. The van der Waals surface area contributed by atoms with Crippen LogP contribution in [0.1, 0.15) is 46.5 Å². The minimum absolute atomic E-state index is 0.117. The summed E-state index contributed by atoms with van der Waals surface area (Å²) in [4.78, 5) is 22.9. The Morgan fingerprint density at radius 3 is 2.81 bits per heavy atom. The van der Waals surface area contributed by atoms with E-state index in [2.05, 4.69) is 0 Å². The van der Waals surface area contributed by atoms with Gasteiger partial charge in [-0.1, -0.05) is 6.08 Å². The highest BCUT2D eigenvalue weighted by atomic mass is 16.6. The Labute approximate surface area is 96.9 Å². The van der Waals surface area contributed by atoms with Gasteiger partial charge >= 0.3 is 5.97 Å². The fourth-order valence-corrected chi connectivity index (χ4v) is 1.79. The highest BCUT2D eigenvalue weighted by molar-refractivity contribution is 5.90. The molecule has 1 aliphatic rings. The van der Waals surface area contributed by atoms with Crippen molar-refractivity contribution >= 4 is 11.8 Å². The van der Waals surface area contributed by atoms with E-state index in [0.29, 0.717) is 12.8 Å². The van der Waals surface area contributed by atoms with E-state index in [4.69, 9.17) is 4.74 Å². The van der Waals surface area contributed by atoms with Gasteiger partial charge in [-0.3, -0.25) is 9.59 Å². The lowest BCUT2D eigenvalue weighted by molar-refractivity contribution is -0.156. The second kappa shape index (κ2) is 5.28. The first-order valence-corrected chi connectivity index (χ1v) is 5.78. The van der Waals surface area contributed by atoms with Crippen molar-refractivity contribution in [3.63, 3.8) is 0 Å². The highest BCUT2D eigenvalue weighted by Gasteiger charge is 2.22. The summed E-state index contributed by atoms with van der Waals surface area (Å²) < 4.78 is 5.25. The summed E-state index contributed by atoms with van der Waals surface area (Å²) in [5.41, 5.74) is -0.440. The number of rotatable bonds is 2. The standard InChI is InChI=1S/C13H20O3/c1-13(2,3)16-12(15)9-10-6-4-5-7-11(14)8-10/h5,7,10H,4,6,8-9H2,1-3H3. The van der Waals surface area contributed by atoms with E-state index in [1.54, 1.807) is 6.08 Å². The van der Waals surface area contributed by atoms with Crippen LogP contribution in [0.2, 0.25) is 0 Å². The smallest absolute Gasteiger partial charge is 0.306 e. The summed E-state index contributed by atoms with van der Waals surface area (Å²) in [6, 6.07) is 0. The van der Waals surface area contributed by atoms with Gasteiger partial charge in [-0.25, -0.2) is 0 Å². The van der Waals surface area contributed by atoms with Gasteiger partial charge in [0.15, 0.2) is 5.78 Å². The summed E-state index contributed by atoms with van der Waals surface area (Å²) in [5.74, 6) is 0.0515. The first-order chi connectivity index (χ1) is 7.37. The molecule has 0 saturated heterocycles. The summed E-state index contributed by atoms with van der Waals surface area (Å²) in [6.07, 6.45) is 6.09. The molecule has 0 fully saturated rings. The molecule has 0 aliphatic heterocycles. The Bertz CT molecular complexity index is 297. The number of carbonyl (C=O) groups is 2. The fourth-order valence-electron chi connectivity index (χ4n) is 1.79. The molecule has 1 aliphatic carbocycles. The zero-order valence-electron chi connectivity index (χ0n) is 10.3. The maximum absolute atomic E-state index is 11.6. The van der Waals surface area contributed by atoms with Crippen LogP contribution in [0, 0.1) is 5.92 Å². The van der Waals surface area contributed by atoms with Crippen LogP contribution < -0.4 is 0 Å². The van der Waals surface area contributed by atoms with E-state index in [1.165, 1.54) is 0 Å². The Balaban J connectivity index is 2.42. The Hall–Kier alpha value is -1.12. The lowest BCUT2D eigenvalue weighted by atomic mass is 9.96. The third kappa shape index (κ3) is 5.10. The van der Waals surface area contributed by atoms with Crippen LogP contribution in [-0.2, 0) is 14.3 Å². The normalized spacial score (nSPS) is 21.7. The van der Waals surface area contributed by atoms with Crippen molar-refractivity contribution in [1.82, 2.24) is 0 Å². The molecule has 3 heteroatoms. The van der Waals surface area contributed by atoms with Gasteiger partial charge in [-0.15, -0.1) is 0 Å². The average Bonchev–Trinajstić information content (AvgIpc) is 2.26. The molecule has 0 amide bonds. The number of esters is 1. The topological polar surface area (TPSA) is 43.4 Å². The lowest BCUT2D eigenvalue weighted by Crippen LogP contribution is -2.25. The molecule has 1 rings (SSSR count). The SMILES string of the molecule is CC(C)(C)OC(=O)CC1CCC=CC(=O)C1. The maximum atomic E-state index is 11.6. The molecule has 0 N–H and O–H groups in total. The maximum Gasteiger partial charge on any atom is 0.306 e. The monoisotopic (exact) mass is 224 g/mol. The molecule has 0 aromatic carbocycles. The number of carbonyl (C=O) groups excluding carboxylic acids is 2. The molecule has 0 aromatic heterocycles. The van der Waals surface area contributed by atoms with Gasteiger partial charge in [0.25, 0.3) is 0 Å². The van der Waals surface area contributed by atoms with Crippen molar-refractivity contribution in [2.24, 2.45) is 5.92 Å². The van der Waals surface area contributed by atoms with Gasteiger partial charge in [0.1, 0.15) is 5.60 Å². The van der Waals surface area contributed by atoms with E-state index in [-0.39, 0.29) is 17.7 Å². The Morgan fingerprint density at radius 1 is 1.50 bits per heavy atom. The molecule has 90 valence electrons. The van der Waals surface area contributed by atoms with E-state index >= 15 is 0 Å². The number of ether oxygens (including phenoxy) is 1. The van der Waals surface area contributed by atoms with Crippen molar-refractivity contribution < 1.29 is 14.3 Å². The van der Waals surface area contributed by atoms with Crippen LogP contribution in [0.25, 0.3) is 0 Å². The van der Waals surface area contributed by atoms with Gasteiger partial charge in [-0.05, 0) is 45.6 Å². The van der Waals surface area contributed by atoms with E-state index in [0.717, 1.165) is 12.8 Å². The highest BCUT2D eigenvalue weighted by Crippen LogP contribution is 2.21.